The molecule has 1 amide bonds. The third kappa shape index (κ3) is 4.94. The van der Waals surface area contributed by atoms with E-state index in [0.717, 1.165) is 11.1 Å². The van der Waals surface area contributed by atoms with Crippen LogP contribution >= 0.6 is 35.0 Å². The van der Waals surface area contributed by atoms with Crippen LogP contribution in [-0.2, 0) is 15.3 Å². The van der Waals surface area contributed by atoms with Gasteiger partial charge in [0.1, 0.15) is 0 Å². The quantitative estimate of drug-likeness (QED) is 0.649. The molecule has 5 nitrogen and oxygen atoms in total. The van der Waals surface area contributed by atoms with E-state index >= 15 is 0 Å². The van der Waals surface area contributed by atoms with Gasteiger partial charge >= 0.3 is 5.97 Å². The van der Waals surface area contributed by atoms with Crippen LogP contribution in [-0.4, -0.2) is 19.0 Å². The highest BCUT2D eigenvalue weighted by molar-refractivity contribution is 8.02. The third-order valence-electron chi connectivity index (χ3n) is 4.48. The summed E-state index contributed by atoms with van der Waals surface area (Å²) in [5, 5.41) is 14.1. The molecular formula is C21H16Cl2N2O3S. The van der Waals surface area contributed by atoms with Gasteiger partial charge in [-0.15, -0.1) is 11.8 Å². The molecule has 0 spiro atoms. The van der Waals surface area contributed by atoms with Crippen molar-refractivity contribution in [3.05, 3.63) is 79.8 Å². The highest BCUT2D eigenvalue weighted by atomic mass is 35.5. The van der Waals surface area contributed by atoms with Gasteiger partial charge in [-0.25, -0.2) is 4.79 Å². The van der Waals surface area contributed by atoms with Gasteiger partial charge in [-0.2, -0.15) is 5.26 Å². The predicted molar refractivity (Wildman–Crippen MR) is 114 cm³/mol. The van der Waals surface area contributed by atoms with E-state index in [1.807, 2.05) is 6.07 Å². The maximum absolute atomic E-state index is 12.3. The van der Waals surface area contributed by atoms with Gasteiger partial charge in [-0.05, 0) is 35.4 Å². The molecule has 0 aromatic heterocycles. The zero-order chi connectivity index (χ0) is 21.0. The maximum atomic E-state index is 12.3. The first-order valence-electron chi connectivity index (χ1n) is 8.62. The van der Waals surface area contributed by atoms with Gasteiger partial charge in [0.05, 0.1) is 29.3 Å². The van der Waals surface area contributed by atoms with E-state index < -0.39 is 5.97 Å². The van der Waals surface area contributed by atoms with E-state index in [-0.39, 0.29) is 18.2 Å². The van der Waals surface area contributed by atoms with Crippen LogP contribution in [0.1, 0.15) is 33.8 Å². The Bertz CT molecular complexity index is 1030. The summed E-state index contributed by atoms with van der Waals surface area (Å²) in [4.78, 5) is 23.9. The lowest BCUT2D eigenvalue weighted by Crippen LogP contribution is -2.30. The van der Waals surface area contributed by atoms with Crippen molar-refractivity contribution < 1.29 is 14.3 Å². The summed E-state index contributed by atoms with van der Waals surface area (Å²) >= 11 is 13.5. The zero-order valence-corrected chi connectivity index (χ0v) is 17.7. The van der Waals surface area contributed by atoms with Crippen LogP contribution in [0.3, 0.4) is 0 Å². The second-order valence-corrected chi connectivity index (χ2v) is 8.13. The summed E-state index contributed by atoms with van der Waals surface area (Å²) in [7, 11) is 1.31. The summed E-state index contributed by atoms with van der Waals surface area (Å²) in [5.74, 6) is -0.519. The Hall–Kier alpha value is -2.46. The van der Waals surface area contributed by atoms with Gasteiger partial charge in [-0.1, -0.05) is 41.4 Å². The van der Waals surface area contributed by atoms with Crippen molar-refractivity contribution in [1.82, 2.24) is 5.32 Å². The van der Waals surface area contributed by atoms with Crippen LogP contribution in [0, 0.1) is 11.3 Å². The molecule has 0 saturated heterocycles. The molecule has 3 rings (SSSR count). The molecular weight excluding hydrogens is 431 g/mol. The molecule has 0 saturated carbocycles. The Labute approximate surface area is 182 Å². The number of benzene rings is 2. The number of methoxy groups -OCH3 is 1. The van der Waals surface area contributed by atoms with Crippen molar-refractivity contribution in [2.75, 3.05) is 7.11 Å². The van der Waals surface area contributed by atoms with Gasteiger partial charge in [0.15, 0.2) is 0 Å². The van der Waals surface area contributed by atoms with Gasteiger partial charge in [0, 0.05) is 28.1 Å². The average Bonchev–Trinajstić information content (AvgIpc) is 2.72. The van der Waals surface area contributed by atoms with E-state index in [4.69, 9.17) is 27.9 Å². The lowest BCUT2D eigenvalue weighted by atomic mass is 9.87. The van der Waals surface area contributed by atoms with Crippen molar-refractivity contribution in [3.63, 3.8) is 0 Å². The predicted octanol–water partition coefficient (Wildman–Crippen LogP) is 5.05. The summed E-state index contributed by atoms with van der Waals surface area (Å²) < 4.78 is 4.70. The first kappa shape index (κ1) is 21.3. The fourth-order valence-corrected chi connectivity index (χ4v) is 4.61. The minimum Gasteiger partial charge on any atom is -0.465 e. The second kappa shape index (κ2) is 9.36. The number of nitriles is 1. The number of amides is 1. The Morgan fingerprint density at radius 3 is 2.62 bits per heavy atom. The molecule has 2 aromatic carbocycles. The smallest absolute Gasteiger partial charge is 0.337 e. The largest absolute Gasteiger partial charge is 0.465 e. The molecule has 1 heterocycles. The lowest BCUT2D eigenvalue weighted by Gasteiger charge is -2.25. The maximum Gasteiger partial charge on any atom is 0.337 e. The monoisotopic (exact) mass is 446 g/mol. The number of hydrogen-bond donors (Lipinski definition) is 1. The van der Waals surface area contributed by atoms with E-state index in [2.05, 4.69) is 11.4 Å². The number of allylic oxidation sites excluding steroid dienone is 1. The number of nitrogens with zero attached hydrogens (tertiary/aromatic N) is 1. The molecule has 0 fully saturated rings. The van der Waals surface area contributed by atoms with Gasteiger partial charge in [0.2, 0.25) is 5.91 Å². The van der Waals surface area contributed by atoms with Crippen LogP contribution in [0.5, 0.6) is 0 Å². The van der Waals surface area contributed by atoms with Crippen molar-refractivity contribution >= 4 is 46.8 Å². The number of esters is 1. The average molecular weight is 447 g/mol. The normalized spacial score (nSPS) is 16.2. The number of thioether (sulfide) groups is 1. The Morgan fingerprint density at radius 2 is 2.00 bits per heavy atom. The first-order valence-corrected chi connectivity index (χ1v) is 10.4. The van der Waals surface area contributed by atoms with E-state index in [1.165, 1.54) is 18.9 Å². The number of nitrogens with one attached hydrogen (secondary N) is 1. The third-order valence-corrected chi connectivity index (χ3v) is 6.13. The summed E-state index contributed by atoms with van der Waals surface area (Å²) in [5.41, 5.74) is 2.52. The molecule has 29 heavy (non-hydrogen) atoms. The molecule has 1 aliphatic rings. The SMILES string of the molecule is COC(=O)c1ccc([C@@H]2CC(=O)NC(SCc3ccc(Cl)cc3Cl)=C2C#N)cc1. The minimum atomic E-state index is -0.440. The van der Waals surface area contributed by atoms with E-state index in [9.17, 15) is 14.9 Å². The van der Waals surface area contributed by atoms with Crippen molar-refractivity contribution in [2.24, 2.45) is 0 Å². The molecule has 0 radical (unpaired) electrons. The Kier molecular flexibility index (Phi) is 6.86. The van der Waals surface area contributed by atoms with Gasteiger partial charge in [0.25, 0.3) is 0 Å². The van der Waals surface area contributed by atoms with Crippen LogP contribution < -0.4 is 5.32 Å². The topological polar surface area (TPSA) is 79.2 Å². The van der Waals surface area contributed by atoms with Gasteiger partial charge < -0.3 is 10.1 Å². The molecule has 0 unspecified atom stereocenters. The van der Waals surface area contributed by atoms with Gasteiger partial charge in [-0.3, -0.25) is 4.79 Å². The second-order valence-electron chi connectivity index (χ2n) is 6.30. The molecule has 1 aliphatic heterocycles. The number of halogens is 2. The van der Waals surface area contributed by atoms with E-state index in [0.29, 0.717) is 32.0 Å². The van der Waals surface area contributed by atoms with E-state index in [1.54, 1.807) is 36.4 Å². The molecule has 1 N–H and O–H groups in total. The number of rotatable bonds is 5. The minimum absolute atomic E-state index is 0.159. The highest BCUT2D eigenvalue weighted by Gasteiger charge is 2.29. The number of carbonyl (C=O) groups excluding carboxylic acids is 2. The molecule has 1 atom stereocenters. The van der Waals surface area contributed by atoms with Crippen molar-refractivity contribution in [2.45, 2.75) is 18.1 Å². The molecule has 8 heteroatoms. The molecule has 2 aromatic rings. The van der Waals surface area contributed by atoms with Crippen molar-refractivity contribution in [1.29, 1.82) is 5.26 Å². The zero-order valence-electron chi connectivity index (χ0n) is 15.4. The molecule has 0 bridgehead atoms. The highest BCUT2D eigenvalue weighted by Crippen LogP contribution is 2.37. The van der Waals surface area contributed by atoms with Crippen LogP contribution in [0.15, 0.2) is 53.1 Å². The summed E-state index contributed by atoms with van der Waals surface area (Å²) in [6.45, 7) is 0. The first-order chi connectivity index (χ1) is 13.9. The fourth-order valence-electron chi connectivity index (χ4n) is 2.98. The number of carbonyl (C=O) groups is 2. The molecule has 148 valence electrons. The summed E-state index contributed by atoms with van der Waals surface area (Å²) in [6.07, 6.45) is 0.159. The van der Waals surface area contributed by atoms with Crippen molar-refractivity contribution in [3.8, 4) is 6.07 Å². The van der Waals surface area contributed by atoms with Crippen LogP contribution in [0.4, 0.5) is 0 Å². The fraction of sp³-hybridized carbons (Fsp3) is 0.190. The number of hydrogen-bond acceptors (Lipinski definition) is 5. The lowest BCUT2D eigenvalue weighted by molar-refractivity contribution is -0.120. The van der Waals surface area contributed by atoms with Crippen LogP contribution in [0.2, 0.25) is 10.0 Å². The Morgan fingerprint density at radius 1 is 1.28 bits per heavy atom. The Balaban J connectivity index is 1.87. The standard InChI is InChI=1S/C21H16Cl2N2O3S/c1-28-21(27)13-4-2-12(3-5-13)16-9-19(26)25-20(17(16)10-24)29-11-14-6-7-15(22)8-18(14)23/h2-8,16H,9,11H2,1H3,(H,25,26)/t16-/m0/s1. The summed E-state index contributed by atoms with van der Waals surface area (Å²) in [6, 6.07) is 14.2. The number of ether oxygens (including phenoxy) is 1. The van der Waals surface area contributed by atoms with Crippen LogP contribution in [0.25, 0.3) is 0 Å². The molecule has 0 aliphatic carbocycles.